The standard InChI is InChI=1S/C30H23N7/c1-19-28(36-15-6-5-9-26(36)32-19)30-35-34-29-24-17-23(21-7-3-2-4-8-21)27(33-25(24)14-16-37(29)30)22-12-10-20(18-31)11-13-22/h2-17H,18,31H2,1H3. The van der Waals surface area contributed by atoms with Crippen LogP contribution >= 0.6 is 0 Å². The highest BCUT2D eigenvalue weighted by Gasteiger charge is 2.19. The minimum Gasteiger partial charge on any atom is -0.326 e. The Morgan fingerprint density at radius 2 is 1.57 bits per heavy atom. The molecule has 0 aliphatic heterocycles. The maximum Gasteiger partial charge on any atom is 0.187 e. The molecule has 0 bridgehead atoms. The molecule has 0 unspecified atom stereocenters. The highest BCUT2D eigenvalue weighted by atomic mass is 15.3. The predicted octanol–water partition coefficient (Wildman–Crippen LogP) is 5.69. The molecule has 0 radical (unpaired) electrons. The van der Waals surface area contributed by atoms with E-state index in [0.717, 1.165) is 67.4 Å². The zero-order valence-corrected chi connectivity index (χ0v) is 20.2. The molecule has 0 atom stereocenters. The van der Waals surface area contributed by atoms with Crippen molar-refractivity contribution in [3.63, 3.8) is 0 Å². The molecule has 7 aromatic rings. The molecule has 2 aromatic carbocycles. The fourth-order valence-corrected chi connectivity index (χ4v) is 5.00. The second-order valence-corrected chi connectivity index (χ2v) is 9.09. The van der Waals surface area contributed by atoms with Crippen LogP contribution in [0, 0.1) is 6.92 Å². The molecule has 0 fully saturated rings. The smallest absolute Gasteiger partial charge is 0.187 e. The Labute approximate surface area is 212 Å². The summed E-state index contributed by atoms with van der Waals surface area (Å²) in [5.41, 5.74) is 15.3. The first-order valence-corrected chi connectivity index (χ1v) is 12.2. The second-order valence-electron chi connectivity index (χ2n) is 9.09. The molecule has 7 rings (SSSR count). The fourth-order valence-electron chi connectivity index (χ4n) is 5.00. The number of hydrogen-bond donors (Lipinski definition) is 1. The number of imidazole rings is 1. The summed E-state index contributed by atoms with van der Waals surface area (Å²) in [7, 11) is 0. The van der Waals surface area contributed by atoms with Gasteiger partial charge in [0, 0.05) is 35.5 Å². The van der Waals surface area contributed by atoms with Crippen molar-refractivity contribution in [3.8, 4) is 33.9 Å². The number of aryl methyl sites for hydroxylation is 1. The molecular weight excluding hydrogens is 458 g/mol. The van der Waals surface area contributed by atoms with Crippen LogP contribution in [0.2, 0.25) is 0 Å². The van der Waals surface area contributed by atoms with Gasteiger partial charge in [-0.05, 0) is 42.3 Å². The van der Waals surface area contributed by atoms with E-state index in [0.29, 0.717) is 6.54 Å². The number of nitrogens with zero attached hydrogens (tertiary/aromatic N) is 6. The first kappa shape index (κ1) is 21.4. The van der Waals surface area contributed by atoms with Crippen molar-refractivity contribution in [1.29, 1.82) is 0 Å². The number of rotatable bonds is 4. The second kappa shape index (κ2) is 8.36. The molecule has 7 nitrogen and oxygen atoms in total. The lowest BCUT2D eigenvalue weighted by atomic mass is 9.97. The van der Waals surface area contributed by atoms with E-state index < -0.39 is 0 Å². The van der Waals surface area contributed by atoms with E-state index in [1.165, 1.54) is 0 Å². The van der Waals surface area contributed by atoms with Gasteiger partial charge in [-0.1, -0.05) is 60.7 Å². The van der Waals surface area contributed by atoms with Crippen molar-refractivity contribution in [2.45, 2.75) is 13.5 Å². The molecule has 0 spiro atoms. The lowest BCUT2D eigenvalue weighted by Gasteiger charge is -2.13. The molecule has 7 heteroatoms. The van der Waals surface area contributed by atoms with E-state index in [1.54, 1.807) is 0 Å². The average molecular weight is 482 g/mol. The van der Waals surface area contributed by atoms with Crippen LogP contribution in [0.25, 0.3) is 56.1 Å². The Morgan fingerprint density at radius 1 is 0.757 bits per heavy atom. The minimum atomic E-state index is 0.510. The van der Waals surface area contributed by atoms with Gasteiger partial charge in [0.1, 0.15) is 11.3 Å². The van der Waals surface area contributed by atoms with E-state index in [9.17, 15) is 0 Å². The zero-order valence-electron chi connectivity index (χ0n) is 20.2. The van der Waals surface area contributed by atoms with Crippen molar-refractivity contribution in [3.05, 3.63) is 109 Å². The third-order valence-corrected chi connectivity index (χ3v) is 6.83. The molecule has 37 heavy (non-hydrogen) atoms. The van der Waals surface area contributed by atoms with Crippen molar-refractivity contribution < 1.29 is 0 Å². The number of nitrogens with two attached hydrogens (primary N) is 1. The lowest BCUT2D eigenvalue weighted by molar-refractivity contribution is 1.06. The summed E-state index contributed by atoms with van der Waals surface area (Å²) in [5.74, 6) is 0.746. The van der Waals surface area contributed by atoms with Crippen LogP contribution in [0.3, 0.4) is 0 Å². The maximum absolute atomic E-state index is 5.83. The summed E-state index contributed by atoms with van der Waals surface area (Å²) in [4.78, 5) is 9.85. The van der Waals surface area contributed by atoms with Gasteiger partial charge >= 0.3 is 0 Å². The molecule has 5 heterocycles. The van der Waals surface area contributed by atoms with Gasteiger partial charge in [0.2, 0.25) is 0 Å². The van der Waals surface area contributed by atoms with E-state index in [-0.39, 0.29) is 0 Å². The molecule has 5 aromatic heterocycles. The minimum absolute atomic E-state index is 0.510. The highest BCUT2D eigenvalue weighted by molar-refractivity contribution is 5.98. The van der Waals surface area contributed by atoms with Gasteiger partial charge in [0.05, 0.1) is 16.9 Å². The Hall–Kier alpha value is -4.88. The van der Waals surface area contributed by atoms with E-state index in [4.69, 9.17) is 15.7 Å². The van der Waals surface area contributed by atoms with Crippen molar-refractivity contribution in [2.24, 2.45) is 5.73 Å². The Bertz CT molecular complexity index is 1920. The quantitative estimate of drug-likeness (QED) is 0.349. The third kappa shape index (κ3) is 3.40. The number of hydrogen-bond acceptors (Lipinski definition) is 5. The fraction of sp³-hybridized carbons (Fsp3) is 0.0667. The number of aromatic nitrogens is 6. The van der Waals surface area contributed by atoms with Gasteiger partial charge in [-0.3, -0.25) is 8.80 Å². The lowest BCUT2D eigenvalue weighted by Crippen LogP contribution is -1.98. The van der Waals surface area contributed by atoms with Crippen LogP contribution in [0.1, 0.15) is 11.3 Å². The normalized spacial score (nSPS) is 11.6. The molecular formula is C30H23N7. The van der Waals surface area contributed by atoms with Gasteiger partial charge < -0.3 is 5.73 Å². The van der Waals surface area contributed by atoms with Gasteiger partial charge in [-0.2, -0.15) is 0 Å². The monoisotopic (exact) mass is 481 g/mol. The van der Waals surface area contributed by atoms with Gasteiger partial charge in [-0.15, -0.1) is 10.2 Å². The molecule has 0 aliphatic carbocycles. The molecule has 0 amide bonds. The van der Waals surface area contributed by atoms with Crippen LogP contribution in [-0.4, -0.2) is 29.0 Å². The summed E-state index contributed by atoms with van der Waals surface area (Å²) in [6.07, 6.45) is 4.00. The summed E-state index contributed by atoms with van der Waals surface area (Å²) in [6.45, 7) is 2.51. The molecule has 178 valence electrons. The third-order valence-electron chi connectivity index (χ3n) is 6.83. The van der Waals surface area contributed by atoms with Crippen LogP contribution in [0.5, 0.6) is 0 Å². The zero-order chi connectivity index (χ0) is 24.9. The van der Waals surface area contributed by atoms with Gasteiger partial charge in [0.25, 0.3) is 0 Å². The highest BCUT2D eigenvalue weighted by Crippen LogP contribution is 2.35. The summed E-state index contributed by atoms with van der Waals surface area (Å²) in [6, 6.07) is 28.8. The van der Waals surface area contributed by atoms with Crippen molar-refractivity contribution in [1.82, 2.24) is 29.0 Å². The Balaban J connectivity index is 1.49. The number of benzene rings is 2. The largest absolute Gasteiger partial charge is 0.326 e. The molecule has 0 aliphatic rings. The molecule has 2 N–H and O–H groups in total. The first-order chi connectivity index (χ1) is 18.2. The predicted molar refractivity (Wildman–Crippen MR) is 146 cm³/mol. The van der Waals surface area contributed by atoms with Crippen molar-refractivity contribution >= 4 is 22.2 Å². The SMILES string of the molecule is Cc1nc2ccccn2c1-c1nnc2c3cc(-c4ccccc4)c(-c4ccc(CN)cc4)nc3ccn12. The number of pyridine rings is 3. The van der Waals surface area contributed by atoms with Gasteiger partial charge in [-0.25, -0.2) is 9.97 Å². The van der Waals surface area contributed by atoms with E-state index >= 15 is 0 Å². The van der Waals surface area contributed by atoms with Crippen molar-refractivity contribution in [2.75, 3.05) is 0 Å². The Morgan fingerprint density at radius 3 is 2.38 bits per heavy atom. The summed E-state index contributed by atoms with van der Waals surface area (Å²) < 4.78 is 4.08. The maximum atomic E-state index is 5.83. The van der Waals surface area contributed by atoms with Crippen LogP contribution < -0.4 is 5.73 Å². The number of fused-ring (bicyclic) bond motifs is 4. The van der Waals surface area contributed by atoms with Gasteiger partial charge in [0.15, 0.2) is 11.5 Å². The van der Waals surface area contributed by atoms with E-state index in [2.05, 4.69) is 57.1 Å². The summed E-state index contributed by atoms with van der Waals surface area (Å²) in [5, 5.41) is 10.2. The van der Waals surface area contributed by atoms with Crippen LogP contribution in [-0.2, 0) is 6.54 Å². The Kier molecular flexibility index (Phi) is 4.84. The molecule has 0 saturated carbocycles. The average Bonchev–Trinajstić information content (AvgIpc) is 3.52. The molecule has 0 saturated heterocycles. The van der Waals surface area contributed by atoms with Crippen LogP contribution in [0.15, 0.2) is 97.3 Å². The first-order valence-electron chi connectivity index (χ1n) is 12.2. The van der Waals surface area contributed by atoms with E-state index in [1.807, 2.05) is 66.2 Å². The summed E-state index contributed by atoms with van der Waals surface area (Å²) >= 11 is 0. The topological polar surface area (TPSA) is 86.4 Å². The van der Waals surface area contributed by atoms with Crippen LogP contribution in [0.4, 0.5) is 0 Å².